The first-order valence-corrected chi connectivity index (χ1v) is 7.45. The van der Waals surface area contributed by atoms with Crippen LogP contribution in [0.3, 0.4) is 0 Å². The van der Waals surface area contributed by atoms with Crippen LogP contribution in [0.2, 0.25) is 0 Å². The van der Waals surface area contributed by atoms with Gasteiger partial charge in [0.2, 0.25) is 0 Å². The van der Waals surface area contributed by atoms with Crippen LogP contribution >= 0.6 is 0 Å². The number of benzene rings is 2. The van der Waals surface area contributed by atoms with E-state index in [4.69, 9.17) is 0 Å². The zero-order valence-corrected chi connectivity index (χ0v) is 13.4. The van der Waals surface area contributed by atoms with Gasteiger partial charge in [0.05, 0.1) is 0 Å². The summed E-state index contributed by atoms with van der Waals surface area (Å²) in [7, 11) is 0. The normalized spacial score (nSPS) is 11.5. The smallest absolute Gasteiger partial charge is 0.433 e. The fourth-order valence-electron chi connectivity index (χ4n) is 2.13. The molecule has 0 spiro atoms. The summed E-state index contributed by atoms with van der Waals surface area (Å²) in [6.45, 7) is 0.147. The number of alkyl halides is 2. The van der Waals surface area contributed by atoms with Crippen molar-refractivity contribution in [2.75, 3.05) is 6.61 Å². The highest BCUT2D eigenvalue weighted by Crippen LogP contribution is 2.28. The predicted octanol–water partition coefficient (Wildman–Crippen LogP) is 5.39. The van der Waals surface area contributed by atoms with E-state index >= 15 is 0 Å². The Bertz CT molecular complexity index is 747. The summed E-state index contributed by atoms with van der Waals surface area (Å²) < 4.78 is 102. The van der Waals surface area contributed by atoms with E-state index in [1.54, 1.807) is 6.92 Å². The molecule has 0 fully saturated rings. The maximum Gasteiger partial charge on any atom is 0.433 e. The third-order valence-electron chi connectivity index (χ3n) is 3.21. The number of ether oxygens (including phenoxy) is 2. The molecular formula is C17H13F7O2. The average Bonchev–Trinajstić information content (AvgIpc) is 2.51. The Kier molecular flexibility index (Phi) is 5.99. The lowest BCUT2D eigenvalue weighted by Gasteiger charge is -2.19. The third-order valence-corrected chi connectivity index (χ3v) is 3.21. The van der Waals surface area contributed by atoms with E-state index in [0.29, 0.717) is 18.4 Å². The highest BCUT2D eigenvalue weighted by Gasteiger charge is 2.34. The van der Waals surface area contributed by atoms with E-state index in [2.05, 4.69) is 9.47 Å². The number of hydrogen-bond donors (Lipinski definition) is 0. The Hall–Kier alpha value is -2.45. The van der Waals surface area contributed by atoms with Gasteiger partial charge in [-0.05, 0) is 24.1 Å². The second-order valence-corrected chi connectivity index (χ2v) is 5.37. The third kappa shape index (κ3) is 4.80. The van der Waals surface area contributed by atoms with Crippen LogP contribution in [0.1, 0.15) is 18.9 Å². The molecule has 9 heteroatoms. The maximum absolute atomic E-state index is 13.8. The Morgan fingerprint density at radius 2 is 1.38 bits per heavy atom. The van der Waals surface area contributed by atoms with Crippen LogP contribution in [-0.2, 0) is 6.42 Å². The minimum Gasteiger partial charge on any atom is -0.477 e. The van der Waals surface area contributed by atoms with Crippen LogP contribution in [0.5, 0.6) is 11.5 Å². The van der Waals surface area contributed by atoms with Gasteiger partial charge in [-0.3, -0.25) is 0 Å². The molecule has 0 amide bonds. The Balaban J connectivity index is 2.11. The molecule has 0 saturated heterocycles. The summed E-state index contributed by atoms with van der Waals surface area (Å²) >= 11 is 0. The van der Waals surface area contributed by atoms with Crippen molar-refractivity contribution in [3.05, 3.63) is 58.9 Å². The predicted molar refractivity (Wildman–Crippen MR) is 77.7 cm³/mol. The van der Waals surface area contributed by atoms with Gasteiger partial charge in [0, 0.05) is 12.1 Å². The quantitative estimate of drug-likeness (QED) is 0.473. The van der Waals surface area contributed by atoms with E-state index in [0.717, 1.165) is 12.1 Å². The van der Waals surface area contributed by atoms with Gasteiger partial charge < -0.3 is 9.47 Å². The van der Waals surface area contributed by atoms with Crippen molar-refractivity contribution in [3.8, 4) is 11.5 Å². The zero-order valence-electron chi connectivity index (χ0n) is 13.4. The van der Waals surface area contributed by atoms with Crippen LogP contribution in [0.25, 0.3) is 0 Å². The van der Waals surface area contributed by atoms with Crippen LogP contribution < -0.4 is 9.47 Å². The van der Waals surface area contributed by atoms with Gasteiger partial charge in [-0.2, -0.15) is 8.78 Å². The molecule has 0 N–H and O–H groups in total. The molecule has 0 heterocycles. The topological polar surface area (TPSA) is 18.5 Å². The van der Waals surface area contributed by atoms with Gasteiger partial charge in [0.15, 0.2) is 41.4 Å². The lowest BCUT2D eigenvalue weighted by molar-refractivity contribution is -0.196. The fraction of sp³-hybridized carbons (Fsp3) is 0.294. The van der Waals surface area contributed by atoms with E-state index in [9.17, 15) is 30.7 Å². The van der Waals surface area contributed by atoms with Gasteiger partial charge in [-0.1, -0.05) is 13.3 Å². The number of aryl methyl sites for hydroxylation is 1. The summed E-state index contributed by atoms with van der Waals surface area (Å²) in [6.07, 6.45) is -3.19. The summed E-state index contributed by atoms with van der Waals surface area (Å²) in [6, 6.07) is 2.30. The largest absolute Gasteiger partial charge is 0.477 e. The molecule has 142 valence electrons. The molecule has 0 aliphatic heterocycles. The van der Waals surface area contributed by atoms with E-state index in [-0.39, 0.29) is 12.1 Å². The molecule has 0 saturated carbocycles. The van der Waals surface area contributed by atoms with E-state index in [1.165, 1.54) is 0 Å². The first kappa shape index (κ1) is 19.9. The summed E-state index contributed by atoms with van der Waals surface area (Å²) in [4.78, 5) is 0. The second-order valence-electron chi connectivity index (χ2n) is 5.37. The Morgan fingerprint density at radius 3 is 1.88 bits per heavy atom. The molecule has 0 aliphatic rings. The molecule has 26 heavy (non-hydrogen) atoms. The molecule has 2 aromatic carbocycles. The van der Waals surface area contributed by atoms with Crippen LogP contribution in [0.15, 0.2) is 24.3 Å². The summed E-state index contributed by atoms with van der Waals surface area (Å²) in [5.74, 6) is -9.74. The minimum atomic E-state index is -4.20. The molecule has 2 rings (SSSR count). The number of rotatable bonds is 7. The first-order chi connectivity index (χ1) is 12.1. The molecule has 2 aromatic rings. The van der Waals surface area contributed by atoms with Crippen molar-refractivity contribution in [2.24, 2.45) is 0 Å². The van der Waals surface area contributed by atoms with Gasteiger partial charge >= 0.3 is 6.11 Å². The van der Waals surface area contributed by atoms with Gasteiger partial charge in [-0.25, -0.2) is 22.0 Å². The standard InChI is InChI=1S/C17H13F7O2/c1-2-3-9-4-13(20)16(14(21)5-9)25-8-17(23,24)26-10-6-11(18)15(22)12(19)7-10/h4-7H,2-3,8H2,1H3. The van der Waals surface area contributed by atoms with Crippen molar-refractivity contribution in [3.63, 3.8) is 0 Å². The molecule has 0 bridgehead atoms. The molecule has 0 aliphatic carbocycles. The van der Waals surface area contributed by atoms with Crippen molar-refractivity contribution in [1.82, 2.24) is 0 Å². The van der Waals surface area contributed by atoms with Crippen molar-refractivity contribution >= 4 is 0 Å². The molecule has 0 aromatic heterocycles. The van der Waals surface area contributed by atoms with Gasteiger partial charge in [0.1, 0.15) is 5.75 Å². The summed E-state index contributed by atoms with van der Waals surface area (Å²) in [5, 5.41) is 0. The minimum absolute atomic E-state index is 0.201. The lowest BCUT2D eigenvalue weighted by atomic mass is 10.1. The highest BCUT2D eigenvalue weighted by molar-refractivity contribution is 5.31. The van der Waals surface area contributed by atoms with E-state index < -0.39 is 53.3 Å². The Morgan fingerprint density at radius 1 is 0.846 bits per heavy atom. The van der Waals surface area contributed by atoms with Crippen molar-refractivity contribution in [2.45, 2.75) is 25.9 Å². The first-order valence-electron chi connectivity index (χ1n) is 7.45. The van der Waals surface area contributed by atoms with Gasteiger partial charge in [-0.15, -0.1) is 0 Å². The van der Waals surface area contributed by atoms with E-state index in [1.807, 2.05) is 0 Å². The van der Waals surface area contributed by atoms with Crippen LogP contribution in [-0.4, -0.2) is 12.7 Å². The van der Waals surface area contributed by atoms with Crippen LogP contribution in [0, 0.1) is 29.1 Å². The molecule has 0 unspecified atom stereocenters. The maximum atomic E-state index is 13.8. The van der Waals surface area contributed by atoms with Gasteiger partial charge in [0.25, 0.3) is 0 Å². The summed E-state index contributed by atoms with van der Waals surface area (Å²) in [5.41, 5.74) is 0.329. The second kappa shape index (κ2) is 7.84. The average molecular weight is 382 g/mol. The molecular weight excluding hydrogens is 369 g/mol. The zero-order chi connectivity index (χ0) is 19.5. The van der Waals surface area contributed by atoms with Crippen molar-refractivity contribution < 1.29 is 40.2 Å². The number of halogens is 7. The number of hydrogen-bond acceptors (Lipinski definition) is 2. The molecule has 0 radical (unpaired) electrons. The highest BCUT2D eigenvalue weighted by atomic mass is 19.3. The Labute approximate surface area is 144 Å². The lowest BCUT2D eigenvalue weighted by Crippen LogP contribution is -2.33. The monoisotopic (exact) mass is 382 g/mol. The molecule has 2 nitrogen and oxygen atoms in total. The SMILES string of the molecule is CCCc1cc(F)c(OCC(F)(F)Oc2cc(F)c(F)c(F)c2)c(F)c1. The van der Waals surface area contributed by atoms with Crippen LogP contribution in [0.4, 0.5) is 30.7 Å². The van der Waals surface area contributed by atoms with Crippen molar-refractivity contribution in [1.29, 1.82) is 0 Å². The fourth-order valence-corrected chi connectivity index (χ4v) is 2.13. The molecule has 0 atom stereocenters.